The zero-order chi connectivity index (χ0) is 18.1. The highest BCUT2D eigenvalue weighted by molar-refractivity contribution is 6.32. The Morgan fingerprint density at radius 3 is 2.50 bits per heavy atom. The second-order valence-corrected chi connectivity index (χ2v) is 6.60. The van der Waals surface area contributed by atoms with Gasteiger partial charge in [0.2, 0.25) is 0 Å². The van der Waals surface area contributed by atoms with Crippen LogP contribution >= 0.6 is 0 Å². The van der Waals surface area contributed by atoms with Gasteiger partial charge in [-0.15, -0.1) is 0 Å². The van der Waals surface area contributed by atoms with Crippen LogP contribution in [-0.2, 0) is 4.79 Å². The van der Waals surface area contributed by atoms with E-state index < -0.39 is 0 Å². The van der Waals surface area contributed by atoms with Gasteiger partial charge in [0.15, 0.2) is 0 Å². The van der Waals surface area contributed by atoms with Crippen LogP contribution in [0.3, 0.4) is 0 Å². The number of halogens is 1. The highest BCUT2D eigenvalue weighted by Gasteiger charge is 2.28. The zero-order valence-electron chi connectivity index (χ0n) is 14.7. The minimum Gasteiger partial charge on any atom is -0.369 e. The average Bonchev–Trinajstić information content (AvgIpc) is 3.27. The van der Waals surface area contributed by atoms with Crippen molar-refractivity contribution in [2.24, 2.45) is 5.10 Å². The molecule has 0 radical (unpaired) electrons. The second-order valence-electron chi connectivity index (χ2n) is 6.60. The Hall–Kier alpha value is -2.95. The largest absolute Gasteiger partial charge is 0.369 e. The van der Waals surface area contributed by atoms with Crippen molar-refractivity contribution in [2.45, 2.75) is 19.8 Å². The highest BCUT2D eigenvalue weighted by Crippen LogP contribution is 2.27. The van der Waals surface area contributed by atoms with Crippen molar-refractivity contribution in [3.8, 4) is 0 Å². The molecule has 0 bridgehead atoms. The first-order valence-corrected chi connectivity index (χ1v) is 8.85. The molecule has 2 aromatic rings. The summed E-state index contributed by atoms with van der Waals surface area (Å²) < 4.78 is 14.5. The number of hydrogen-bond donors (Lipinski definition) is 0. The van der Waals surface area contributed by atoms with Crippen LogP contribution in [-0.4, -0.2) is 24.7 Å². The average molecular weight is 349 g/mol. The molecule has 2 aromatic carbocycles. The smallest absolute Gasteiger partial charge is 0.280 e. The molecule has 132 valence electrons. The van der Waals surface area contributed by atoms with Gasteiger partial charge in [0, 0.05) is 13.1 Å². The van der Waals surface area contributed by atoms with Crippen molar-refractivity contribution < 1.29 is 9.18 Å². The Bertz CT molecular complexity index is 899. The van der Waals surface area contributed by atoms with Crippen LogP contribution in [0.25, 0.3) is 6.08 Å². The van der Waals surface area contributed by atoms with Crippen LogP contribution in [0.1, 0.15) is 25.3 Å². The zero-order valence-corrected chi connectivity index (χ0v) is 14.7. The molecule has 2 aliphatic heterocycles. The van der Waals surface area contributed by atoms with E-state index in [0.717, 1.165) is 31.6 Å². The quantitative estimate of drug-likeness (QED) is 0.778. The van der Waals surface area contributed by atoms with Crippen molar-refractivity contribution in [1.29, 1.82) is 0 Å². The van der Waals surface area contributed by atoms with E-state index in [0.29, 0.717) is 22.5 Å². The molecule has 0 spiro atoms. The molecule has 26 heavy (non-hydrogen) atoms. The number of amides is 1. The first-order chi connectivity index (χ1) is 12.6. The maximum Gasteiger partial charge on any atom is 0.280 e. The molecule has 5 heteroatoms. The second kappa shape index (κ2) is 6.75. The Balaban J connectivity index is 1.61. The first-order valence-electron chi connectivity index (χ1n) is 8.85. The third-order valence-electron chi connectivity index (χ3n) is 4.79. The summed E-state index contributed by atoms with van der Waals surface area (Å²) in [7, 11) is 0. The Morgan fingerprint density at radius 2 is 1.81 bits per heavy atom. The minimum absolute atomic E-state index is 0.197. The number of hydrogen-bond acceptors (Lipinski definition) is 3. The molecular formula is C21H20FN3O. The lowest BCUT2D eigenvalue weighted by molar-refractivity contribution is -0.114. The summed E-state index contributed by atoms with van der Waals surface area (Å²) in [5, 5.41) is 5.74. The number of rotatable bonds is 3. The van der Waals surface area contributed by atoms with E-state index in [2.05, 4.69) is 10.0 Å². The fourth-order valence-corrected chi connectivity index (χ4v) is 3.42. The molecule has 2 heterocycles. The minimum atomic E-state index is -0.249. The van der Waals surface area contributed by atoms with E-state index in [9.17, 15) is 9.18 Å². The number of hydrazone groups is 1. The summed E-state index contributed by atoms with van der Waals surface area (Å²) in [6, 6.07) is 14.4. The lowest BCUT2D eigenvalue weighted by atomic mass is 10.1. The molecule has 4 rings (SSSR count). The molecule has 4 nitrogen and oxygen atoms in total. The van der Waals surface area contributed by atoms with Crippen molar-refractivity contribution in [3.05, 3.63) is 65.5 Å². The molecule has 0 unspecified atom stereocenters. The van der Waals surface area contributed by atoms with Crippen molar-refractivity contribution in [3.63, 3.8) is 0 Å². The molecule has 0 saturated carbocycles. The Labute approximate surface area is 152 Å². The van der Waals surface area contributed by atoms with E-state index in [-0.39, 0.29) is 11.7 Å². The Kier molecular flexibility index (Phi) is 4.29. The molecule has 1 fully saturated rings. The first kappa shape index (κ1) is 16.5. The van der Waals surface area contributed by atoms with Crippen LogP contribution < -0.4 is 9.91 Å². The van der Waals surface area contributed by atoms with Crippen molar-refractivity contribution in [2.75, 3.05) is 23.0 Å². The molecule has 0 aromatic heterocycles. The van der Waals surface area contributed by atoms with Gasteiger partial charge in [-0.2, -0.15) is 10.1 Å². The van der Waals surface area contributed by atoms with Crippen LogP contribution in [0, 0.1) is 5.82 Å². The molecule has 1 saturated heterocycles. The normalized spacial score (nSPS) is 18.8. The van der Waals surface area contributed by atoms with Crippen LogP contribution in [0.4, 0.5) is 15.8 Å². The van der Waals surface area contributed by atoms with Crippen LogP contribution in [0.5, 0.6) is 0 Å². The summed E-state index contributed by atoms with van der Waals surface area (Å²) >= 11 is 0. The summed E-state index contributed by atoms with van der Waals surface area (Å²) in [5.41, 5.74) is 3.14. The van der Waals surface area contributed by atoms with Gasteiger partial charge in [0.25, 0.3) is 5.91 Å². The molecule has 0 N–H and O–H groups in total. The number of benzene rings is 2. The number of carbonyl (C=O) groups is 1. The van der Waals surface area contributed by atoms with E-state index in [1.165, 1.54) is 11.1 Å². The van der Waals surface area contributed by atoms with Gasteiger partial charge in [-0.3, -0.25) is 4.79 Å². The highest BCUT2D eigenvalue weighted by atomic mass is 19.1. The maximum atomic E-state index is 14.5. The van der Waals surface area contributed by atoms with Gasteiger partial charge in [0.05, 0.1) is 22.7 Å². The lowest BCUT2D eigenvalue weighted by Gasteiger charge is -2.18. The summed E-state index contributed by atoms with van der Waals surface area (Å²) in [4.78, 5) is 14.8. The predicted molar refractivity (Wildman–Crippen MR) is 103 cm³/mol. The lowest BCUT2D eigenvalue weighted by Crippen LogP contribution is -2.21. The van der Waals surface area contributed by atoms with Gasteiger partial charge >= 0.3 is 0 Å². The standard InChI is InChI=1S/C21H20FN3O/c1-15-18(21(26)25(23-15)17-7-3-2-4-8-17)13-16-9-10-20(19(22)14-16)24-11-5-6-12-24/h2-4,7-10,13-14H,5-6,11-12H2,1H3/b18-13+. The predicted octanol–water partition coefficient (Wildman–Crippen LogP) is 4.23. The molecule has 1 amide bonds. The molecule has 0 atom stereocenters. The Morgan fingerprint density at radius 1 is 1.08 bits per heavy atom. The fourth-order valence-electron chi connectivity index (χ4n) is 3.42. The van der Waals surface area contributed by atoms with E-state index in [4.69, 9.17) is 0 Å². The van der Waals surface area contributed by atoms with Crippen LogP contribution in [0.15, 0.2) is 59.2 Å². The summed E-state index contributed by atoms with van der Waals surface area (Å²) in [6.07, 6.45) is 3.91. The van der Waals surface area contributed by atoms with E-state index >= 15 is 0 Å². The van der Waals surface area contributed by atoms with Gasteiger partial charge in [-0.25, -0.2) is 4.39 Å². The van der Waals surface area contributed by atoms with Gasteiger partial charge in [0.1, 0.15) is 5.82 Å². The molecule has 2 aliphatic rings. The third-order valence-corrected chi connectivity index (χ3v) is 4.79. The number of anilines is 2. The van der Waals surface area contributed by atoms with Crippen LogP contribution in [0.2, 0.25) is 0 Å². The monoisotopic (exact) mass is 349 g/mol. The third kappa shape index (κ3) is 3.01. The van der Waals surface area contributed by atoms with E-state index in [1.54, 1.807) is 19.1 Å². The summed E-state index contributed by atoms with van der Waals surface area (Å²) in [5.74, 6) is -0.445. The maximum absolute atomic E-state index is 14.5. The number of para-hydroxylation sites is 1. The number of nitrogens with zero attached hydrogens (tertiary/aromatic N) is 3. The van der Waals surface area contributed by atoms with Gasteiger partial charge in [-0.05, 0) is 55.7 Å². The van der Waals surface area contributed by atoms with Gasteiger partial charge in [-0.1, -0.05) is 24.3 Å². The molecule has 0 aliphatic carbocycles. The van der Waals surface area contributed by atoms with E-state index in [1.807, 2.05) is 36.4 Å². The van der Waals surface area contributed by atoms with Gasteiger partial charge < -0.3 is 4.90 Å². The SMILES string of the molecule is CC1=NN(c2ccccc2)C(=O)/C1=C/c1ccc(N2CCCC2)c(F)c1. The fraction of sp³-hybridized carbons (Fsp3) is 0.238. The number of carbonyl (C=O) groups excluding carboxylic acids is 1. The molecular weight excluding hydrogens is 329 g/mol. The van der Waals surface area contributed by atoms with Crippen molar-refractivity contribution in [1.82, 2.24) is 0 Å². The summed E-state index contributed by atoms with van der Waals surface area (Å²) in [6.45, 7) is 3.59. The topological polar surface area (TPSA) is 35.9 Å². The van der Waals surface area contributed by atoms with Crippen molar-refractivity contribution >= 4 is 29.1 Å².